The summed E-state index contributed by atoms with van der Waals surface area (Å²) in [5.74, 6) is -0.816. The lowest BCUT2D eigenvalue weighted by Gasteiger charge is -2.35. The van der Waals surface area contributed by atoms with Gasteiger partial charge in [0, 0.05) is 58.0 Å². The van der Waals surface area contributed by atoms with Gasteiger partial charge in [0.25, 0.3) is 0 Å². The molecule has 0 unspecified atom stereocenters. The number of carbonyl (C=O) groups is 2. The van der Waals surface area contributed by atoms with Crippen molar-refractivity contribution in [2.45, 2.75) is 110 Å². The van der Waals surface area contributed by atoms with E-state index in [4.69, 9.17) is 18.9 Å². The second-order valence-electron chi connectivity index (χ2n) is 15.5. The minimum Gasteiger partial charge on any atom is -0.464 e. The first kappa shape index (κ1) is 40.4. The molecule has 1 saturated carbocycles. The van der Waals surface area contributed by atoms with Gasteiger partial charge in [0.15, 0.2) is 6.29 Å². The lowest BCUT2D eigenvalue weighted by molar-refractivity contribution is -0.161. The van der Waals surface area contributed by atoms with E-state index in [1.807, 2.05) is 19.9 Å². The predicted octanol–water partition coefficient (Wildman–Crippen LogP) is 4.47. The van der Waals surface area contributed by atoms with Gasteiger partial charge in [-0.05, 0) is 61.9 Å². The Labute approximate surface area is 299 Å². The van der Waals surface area contributed by atoms with Crippen molar-refractivity contribution >= 4 is 11.9 Å². The summed E-state index contributed by atoms with van der Waals surface area (Å²) in [4.78, 5) is 31.4. The molecule has 50 heavy (non-hydrogen) atoms. The lowest BCUT2D eigenvalue weighted by Crippen LogP contribution is -2.48. The summed E-state index contributed by atoms with van der Waals surface area (Å²) in [5.41, 5.74) is 0.303. The molecule has 9 atom stereocenters. The third-order valence-electron chi connectivity index (χ3n) is 11.3. The minimum absolute atomic E-state index is 0.0796. The van der Waals surface area contributed by atoms with E-state index in [0.29, 0.717) is 56.6 Å². The third kappa shape index (κ3) is 12.7. The molecule has 3 aliphatic heterocycles. The van der Waals surface area contributed by atoms with Gasteiger partial charge in [-0.3, -0.25) is 14.5 Å². The van der Waals surface area contributed by atoms with Crippen molar-refractivity contribution in [2.24, 2.45) is 35.5 Å². The smallest absolute Gasteiger partial charge is 0.309 e. The molecule has 2 N–H and O–H groups in total. The zero-order valence-corrected chi connectivity index (χ0v) is 30.9. The van der Waals surface area contributed by atoms with E-state index in [1.165, 1.54) is 0 Å². The Morgan fingerprint density at radius 1 is 0.960 bits per heavy atom. The summed E-state index contributed by atoms with van der Waals surface area (Å²) in [5, 5.41) is 31.7. The summed E-state index contributed by atoms with van der Waals surface area (Å²) >= 11 is 0. The van der Waals surface area contributed by atoms with E-state index in [-0.39, 0.29) is 42.4 Å². The largest absolute Gasteiger partial charge is 0.464 e. The van der Waals surface area contributed by atoms with Gasteiger partial charge in [-0.2, -0.15) is 5.26 Å². The van der Waals surface area contributed by atoms with Crippen LogP contribution in [0.4, 0.5) is 0 Å². The van der Waals surface area contributed by atoms with Crippen LogP contribution in [0.2, 0.25) is 0 Å². The first-order valence-electron chi connectivity index (χ1n) is 19.2. The molecule has 0 spiro atoms. The van der Waals surface area contributed by atoms with Crippen molar-refractivity contribution in [1.82, 2.24) is 9.80 Å². The van der Waals surface area contributed by atoms with Gasteiger partial charge in [0.1, 0.15) is 12.7 Å². The fourth-order valence-corrected chi connectivity index (χ4v) is 8.43. The van der Waals surface area contributed by atoms with Crippen LogP contribution < -0.4 is 0 Å². The number of cyclic esters (lactones) is 1. The zero-order chi connectivity index (χ0) is 36.0. The maximum absolute atomic E-state index is 13.4. The van der Waals surface area contributed by atoms with Crippen molar-refractivity contribution in [3.63, 3.8) is 0 Å². The highest BCUT2D eigenvalue weighted by atomic mass is 16.7. The van der Waals surface area contributed by atoms with Gasteiger partial charge in [-0.25, -0.2) is 0 Å². The van der Waals surface area contributed by atoms with Crippen LogP contribution in [-0.4, -0.2) is 116 Å². The Morgan fingerprint density at radius 3 is 2.30 bits per heavy atom. The molecule has 3 heterocycles. The number of nitrogens with zero attached hydrogens (tertiary/aromatic N) is 3. The molecule has 11 nitrogen and oxygen atoms in total. The Balaban J connectivity index is 1.35. The van der Waals surface area contributed by atoms with E-state index >= 15 is 0 Å². The molecular formula is C39H63N3O8. The number of allylic oxidation sites excluding steroid dienone is 2. The van der Waals surface area contributed by atoms with E-state index in [2.05, 4.69) is 29.7 Å². The number of aliphatic hydroxyl groups is 2. The van der Waals surface area contributed by atoms with Gasteiger partial charge in [0.2, 0.25) is 0 Å². The molecule has 0 bridgehead atoms. The molecule has 0 aromatic rings. The number of rotatable bonds is 8. The zero-order valence-electron chi connectivity index (χ0n) is 30.9. The molecule has 0 amide bonds. The predicted molar refractivity (Wildman–Crippen MR) is 189 cm³/mol. The first-order valence-corrected chi connectivity index (χ1v) is 19.2. The highest BCUT2D eigenvalue weighted by Crippen LogP contribution is 2.38. The number of ether oxygens (including phenoxy) is 4. The standard InChI is InChI=1S/C39H63N3O8/c1-27-22-28(2)24-30(4)38(45)31(26-40)8-5-6-11-35(50-36(44)25-34(43)29(3)23-27)32-9-7-10-33(32)39(46)49-19-18-42-16-14-41(15-17-42)13-12-37-47-20-21-48-37/h5-6,8,27-30,32-35,37-38,43,45H,7,9-25H2,1-4H3/b6-5+,31-8-/t27-,28+,29-,30-,32+,33+,34-,35-,38+/m0/s1. The molecule has 0 radical (unpaired) electrons. The second-order valence-corrected chi connectivity index (χ2v) is 15.5. The van der Waals surface area contributed by atoms with Gasteiger partial charge in [0.05, 0.1) is 49.4 Å². The minimum atomic E-state index is -0.875. The van der Waals surface area contributed by atoms with Gasteiger partial charge >= 0.3 is 11.9 Å². The molecule has 4 aliphatic rings. The van der Waals surface area contributed by atoms with E-state index in [1.54, 1.807) is 12.2 Å². The number of aliphatic hydroxyl groups excluding tert-OH is 2. The van der Waals surface area contributed by atoms with E-state index in [9.17, 15) is 25.1 Å². The lowest BCUT2D eigenvalue weighted by atomic mass is 9.82. The Kier molecular flexibility index (Phi) is 16.7. The van der Waals surface area contributed by atoms with Gasteiger partial charge < -0.3 is 34.1 Å². The van der Waals surface area contributed by atoms with Crippen LogP contribution in [0, 0.1) is 46.8 Å². The van der Waals surface area contributed by atoms with Crippen LogP contribution in [0.3, 0.4) is 0 Å². The van der Waals surface area contributed by atoms with Crippen molar-refractivity contribution in [3.05, 3.63) is 23.8 Å². The number of carbonyl (C=O) groups excluding carboxylic acids is 2. The number of esters is 2. The molecule has 0 aromatic carbocycles. The van der Waals surface area contributed by atoms with Crippen LogP contribution in [-0.2, 0) is 28.5 Å². The molecule has 11 heteroatoms. The molecule has 282 valence electrons. The first-order chi connectivity index (χ1) is 24.0. The summed E-state index contributed by atoms with van der Waals surface area (Å²) < 4.78 is 23.0. The van der Waals surface area contributed by atoms with E-state index < -0.39 is 24.3 Å². The maximum atomic E-state index is 13.4. The third-order valence-corrected chi connectivity index (χ3v) is 11.3. The number of piperazine rings is 1. The molecule has 3 fully saturated rings. The monoisotopic (exact) mass is 701 g/mol. The molecule has 4 rings (SSSR count). The molecule has 1 aliphatic carbocycles. The van der Waals surface area contributed by atoms with Crippen LogP contribution in [0.25, 0.3) is 0 Å². The molecular weight excluding hydrogens is 638 g/mol. The quantitative estimate of drug-likeness (QED) is 0.346. The second kappa shape index (κ2) is 20.6. The van der Waals surface area contributed by atoms with Gasteiger partial charge in [-0.1, -0.05) is 46.3 Å². The average Bonchev–Trinajstić information content (AvgIpc) is 3.79. The van der Waals surface area contributed by atoms with E-state index in [0.717, 1.165) is 71.2 Å². The Hall–Kier alpha value is -2.33. The summed E-state index contributed by atoms with van der Waals surface area (Å²) in [6.45, 7) is 15.3. The fourth-order valence-electron chi connectivity index (χ4n) is 8.43. The van der Waals surface area contributed by atoms with Gasteiger partial charge in [-0.15, -0.1) is 0 Å². The topological polar surface area (TPSA) is 142 Å². The summed E-state index contributed by atoms with van der Waals surface area (Å²) in [6, 6.07) is 2.17. The van der Waals surface area contributed by atoms with Crippen LogP contribution in [0.15, 0.2) is 23.8 Å². The number of nitriles is 1. The number of hydrogen-bond donors (Lipinski definition) is 2. The molecule has 2 saturated heterocycles. The molecule has 0 aromatic heterocycles. The highest BCUT2D eigenvalue weighted by molar-refractivity contribution is 5.74. The Bertz CT molecular complexity index is 1160. The maximum Gasteiger partial charge on any atom is 0.309 e. The van der Waals surface area contributed by atoms with Crippen molar-refractivity contribution in [3.8, 4) is 6.07 Å². The highest BCUT2D eigenvalue weighted by Gasteiger charge is 2.41. The van der Waals surface area contributed by atoms with Crippen molar-refractivity contribution in [1.29, 1.82) is 5.26 Å². The Morgan fingerprint density at radius 2 is 1.62 bits per heavy atom. The van der Waals surface area contributed by atoms with Crippen LogP contribution >= 0.6 is 0 Å². The van der Waals surface area contributed by atoms with Crippen molar-refractivity contribution in [2.75, 3.05) is 59.1 Å². The summed E-state index contributed by atoms with van der Waals surface area (Å²) in [7, 11) is 0. The number of hydrogen-bond acceptors (Lipinski definition) is 11. The fraction of sp³-hybridized carbons (Fsp3) is 0.821. The normalized spacial score (nSPS) is 36.8. The van der Waals surface area contributed by atoms with Crippen molar-refractivity contribution < 1.29 is 38.7 Å². The van der Waals surface area contributed by atoms with Crippen LogP contribution in [0.1, 0.15) is 85.5 Å². The summed E-state index contributed by atoms with van der Waals surface area (Å²) in [6.07, 6.45) is 8.71. The van der Waals surface area contributed by atoms with Crippen LogP contribution in [0.5, 0.6) is 0 Å². The SMILES string of the molecule is C[C@@H]1C[C@H](C)C[C@H](C)[C@@H](O)CC(=O)O[C@H]([C@@H]2CCC[C@H]2C(=O)OCCN2CCN(CCC3OCCO3)CC2)C/C=C/C=C(/C#N)[C@H](O)[C@@H](C)C1. The average molecular weight is 702 g/mol.